The average molecular weight is 449 g/mol. The molecule has 168 valence electrons. The largest absolute Gasteiger partial charge is 0.493 e. The van der Waals surface area contributed by atoms with Crippen LogP contribution in [0.2, 0.25) is 0 Å². The van der Waals surface area contributed by atoms with Crippen LogP contribution in [-0.2, 0) is 14.8 Å². The molecule has 9 heteroatoms. The number of sulfonamides is 1. The molecule has 1 N–H and O–H groups in total. The molecule has 0 aliphatic carbocycles. The topological polar surface area (TPSA) is 94.2 Å². The second kappa shape index (κ2) is 8.76. The highest BCUT2D eigenvalue weighted by atomic mass is 32.2. The Morgan fingerprint density at radius 1 is 1.16 bits per heavy atom. The number of fused-ring (bicyclic) bond motifs is 1. The van der Waals surface area contributed by atoms with Crippen molar-refractivity contribution < 1.29 is 27.4 Å². The van der Waals surface area contributed by atoms with Gasteiger partial charge in [-0.05, 0) is 32.0 Å². The summed E-state index contributed by atoms with van der Waals surface area (Å²) < 4.78 is 43.3. The zero-order valence-corrected chi connectivity index (χ0v) is 19.2. The van der Waals surface area contributed by atoms with Gasteiger partial charge in [0.1, 0.15) is 11.4 Å². The molecule has 3 rings (SSSR count). The first-order valence-corrected chi connectivity index (χ1v) is 11.3. The summed E-state index contributed by atoms with van der Waals surface area (Å²) >= 11 is 0. The van der Waals surface area contributed by atoms with Crippen molar-refractivity contribution >= 4 is 15.9 Å². The van der Waals surface area contributed by atoms with Crippen molar-refractivity contribution in [1.29, 1.82) is 0 Å². The zero-order chi connectivity index (χ0) is 22.8. The molecule has 0 spiro atoms. The van der Waals surface area contributed by atoms with Gasteiger partial charge in [-0.1, -0.05) is 18.2 Å². The Morgan fingerprint density at radius 2 is 1.84 bits per heavy atom. The number of hydrogen-bond acceptors (Lipinski definition) is 6. The summed E-state index contributed by atoms with van der Waals surface area (Å²) in [4.78, 5) is 12.8. The van der Waals surface area contributed by atoms with Crippen LogP contribution in [0.4, 0.5) is 0 Å². The first-order valence-electron chi connectivity index (χ1n) is 9.83. The molecule has 0 saturated heterocycles. The summed E-state index contributed by atoms with van der Waals surface area (Å²) in [5.41, 5.74) is 0.421. The molecule has 0 bridgehead atoms. The van der Waals surface area contributed by atoms with Crippen LogP contribution in [-0.4, -0.2) is 52.0 Å². The van der Waals surface area contributed by atoms with Crippen molar-refractivity contribution in [3.8, 4) is 17.2 Å². The summed E-state index contributed by atoms with van der Waals surface area (Å²) in [6, 6.07) is 11.6. The summed E-state index contributed by atoms with van der Waals surface area (Å²) in [5.74, 6) is 1.03. The smallest absolute Gasteiger partial charge is 0.243 e. The molecule has 0 radical (unpaired) electrons. The van der Waals surface area contributed by atoms with Crippen LogP contribution >= 0.6 is 0 Å². The van der Waals surface area contributed by atoms with E-state index >= 15 is 0 Å². The molecular weight excluding hydrogens is 420 g/mol. The van der Waals surface area contributed by atoms with Crippen LogP contribution in [0.5, 0.6) is 17.2 Å². The van der Waals surface area contributed by atoms with Crippen LogP contribution in [0.1, 0.15) is 31.9 Å². The number of carbonyl (C=O) groups is 1. The molecule has 1 aliphatic heterocycles. The third-order valence-electron chi connectivity index (χ3n) is 5.14. The molecule has 2 aromatic carbocycles. The number of benzene rings is 2. The Balaban J connectivity index is 1.75. The third kappa shape index (κ3) is 4.94. The number of rotatable bonds is 7. The zero-order valence-electron chi connectivity index (χ0n) is 18.3. The standard InChI is InChI=1S/C22H28N2O6S/c1-22(2)13-17(16-8-6-7-9-18(16)30-22)23-21(25)14-24(3)31(26,27)15-10-11-19(28-4)20(12-15)29-5/h6-12,17H,13-14H2,1-5H3,(H,23,25)/t17-/m0/s1. The van der Waals surface area contributed by atoms with E-state index in [0.29, 0.717) is 17.9 Å². The van der Waals surface area contributed by atoms with Crippen molar-refractivity contribution in [3.63, 3.8) is 0 Å². The van der Waals surface area contributed by atoms with E-state index < -0.39 is 21.5 Å². The number of nitrogens with zero attached hydrogens (tertiary/aromatic N) is 1. The second-order valence-corrected chi connectivity index (χ2v) is 10.0. The monoisotopic (exact) mass is 448 g/mol. The van der Waals surface area contributed by atoms with E-state index in [4.69, 9.17) is 14.2 Å². The summed E-state index contributed by atoms with van der Waals surface area (Å²) in [6.45, 7) is 3.59. The van der Waals surface area contributed by atoms with E-state index in [9.17, 15) is 13.2 Å². The van der Waals surface area contributed by atoms with Gasteiger partial charge >= 0.3 is 0 Å². The van der Waals surface area contributed by atoms with Gasteiger partial charge in [0, 0.05) is 25.1 Å². The molecule has 1 atom stereocenters. The number of likely N-dealkylation sites (N-methyl/N-ethyl adjacent to an activating group) is 1. The van der Waals surface area contributed by atoms with Gasteiger partial charge in [0.2, 0.25) is 15.9 Å². The van der Waals surface area contributed by atoms with Crippen molar-refractivity contribution in [1.82, 2.24) is 9.62 Å². The Labute approximate surface area is 183 Å². The molecule has 0 saturated carbocycles. The lowest BCUT2D eigenvalue weighted by atomic mass is 9.89. The molecular formula is C22H28N2O6S. The van der Waals surface area contributed by atoms with Crippen molar-refractivity contribution in [3.05, 3.63) is 48.0 Å². The van der Waals surface area contributed by atoms with Crippen molar-refractivity contribution in [2.45, 2.75) is 36.8 Å². The van der Waals surface area contributed by atoms with Crippen molar-refractivity contribution in [2.24, 2.45) is 0 Å². The molecule has 0 unspecified atom stereocenters. The van der Waals surface area contributed by atoms with Crippen molar-refractivity contribution in [2.75, 3.05) is 27.8 Å². The Morgan fingerprint density at radius 3 is 2.52 bits per heavy atom. The summed E-state index contributed by atoms with van der Waals surface area (Å²) in [5, 5.41) is 2.96. The van der Waals surface area contributed by atoms with Crippen LogP contribution in [0, 0.1) is 0 Å². The second-order valence-electron chi connectivity index (χ2n) is 8.00. The lowest BCUT2D eigenvalue weighted by Gasteiger charge is -2.38. The fraction of sp³-hybridized carbons (Fsp3) is 0.409. The highest BCUT2D eigenvalue weighted by Crippen LogP contribution is 2.39. The Kier molecular flexibility index (Phi) is 6.47. The van der Waals surface area contributed by atoms with Gasteiger partial charge in [0.15, 0.2) is 11.5 Å². The quantitative estimate of drug-likeness (QED) is 0.700. The first kappa shape index (κ1) is 22.9. The maximum Gasteiger partial charge on any atom is 0.243 e. The van der Waals surface area contributed by atoms with E-state index in [1.165, 1.54) is 39.5 Å². The molecule has 2 aromatic rings. The number of para-hydroxylation sites is 1. The van der Waals surface area contributed by atoms with Gasteiger partial charge in [0.25, 0.3) is 0 Å². The summed E-state index contributed by atoms with van der Waals surface area (Å²) in [7, 11) is 0.365. The van der Waals surface area contributed by atoms with Gasteiger partial charge in [0.05, 0.1) is 31.7 Å². The lowest BCUT2D eigenvalue weighted by Crippen LogP contribution is -2.44. The SMILES string of the molecule is COc1ccc(S(=O)(=O)N(C)CC(=O)N[C@H]2CC(C)(C)Oc3ccccc32)cc1OC. The molecule has 0 aromatic heterocycles. The minimum absolute atomic E-state index is 0.0120. The normalized spacial score (nSPS) is 17.4. The van der Waals surface area contributed by atoms with Crippen LogP contribution in [0.25, 0.3) is 0 Å². The number of hydrogen-bond donors (Lipinski definition) is 1. The number of nitrogens with one attached hydrogen (secondary N) is 1. The van der Waals surface area contributed by atoms with E-state index in [1.54, 1.807) is 0 Å². The van der Waals surface area contributed by atoms with Crippen LogP contribution < -0.4 is 19.5 Å². The van der Waals surface area contributed by atoms with E-state index in [2.05, 4.69) is 5.32 Å². The number of methoxy groups -OCH3 is 2. The molecule has 1 amide bonds. The Bertz CT molecular complexity index is 1070. The number of amides is 1. The first-order chi connectivity index (χ1) is 14.6. The maximum atomic E-state index is 13.0. The molecule has 1 aliphatic rings. The van der Waals surface area contributed by atoms with E-state index in [-0.39, 0.29) is 17.5 Å². The summed E-state index contributed by atoms with van der Waals surface area (Å²) in [6.07, 6.45) is 0.571. The lowest BCUT2D eigenvalue weighted by molar-refractivity contribution is -0.122. The van der Waals surface area contributed by atoms with Gasteiger partial charge in [-0.15, -0.1) is 0 Å². The Hall–Kier alpha value is -2.78. The predicted octanol–water partition coefficient (Wildman–Crippen LogP) is 2.74. The fourth-order valence-corrected chi connectivity index (χ4v) is 4.76. The van der Waals surface area contributed by atoms with Gasteiger partial charge in [-0.25, -0.2) is 8.42 Å². The fourth-order valence-electron chi connectivity index (χ4n) is 3.62. The van der Waals surface area contributed by atoms with E-state index in [0.717, 1.165) is 15.6 Å². The highest BCUT2D eigenvalue weighted by Gasteiger charge is 2.35. The van der Waals surface area contributed by atoms with Gasteiger partial charge < -0.3 is 19.5 Å². The van der Waals surface area contributed by atoms with E-state index in [1.807, 2.05) is 38.1 Å². The molecule has 31 heavy (non-hydrogen) atoms. The van der Waals surface area contributed by atoms with Crippen LogP contribution in [0.3, 0.4) is 0 Å². The number of ether oxygens (including phenoxy) is 3. The molecule has 1 heterocycles. The van der Waals surface area contributed by atoms with Gasteiger partial charge in [-0.3, -0.25) is 4.79 Å². The molecule has 8 nitrogen and oxygen atoms in total. The highest BCUT2D eigenvalue weighted by molar-refractivity contribution is 7.89. The van der Waals surface area contributed by atoms with Crippen LogP contribution in [0.15, 0.2) is 47.4 Å². The minimum atomic E-state index is -3.90. The maximum absolute atomic E-state index is 13.0. The predicted molar refractivity (Wildman–Crippen MR) is 116 cm³/mol. The minimum Gasteiger partial charge on any atom is -0.493 e. The molecule has 0 fully saturated rings. The third-order valence-corrected chi connectivity index (χ3v) is 6.94. The van der Waals surface area contributed by atoms with Gasteiger partial charge in [-0.2, -0.15) is 4.31 Å². The average Bonchev–Trinajstić information content (AvgIpc) is 2.72. The number of carbonyl (C=O) groups excluding carboxylic acids is 1.